The van der Waals surface area contributed by atoms with Crippen LogP contribution in [0.15, 0.2) is 12.3 Å². The summed E-state index contributed by atoms with van der Waals surface area (Å²) >= 11 is 0. The fourth-order valence-electron chi connectivity index (χ4n) is 2.99. The molecular formula is C19H31F3N2. The van der Waals surface area contributed by atoms with E-state index >= 15 is 0 Å². The standard InChI is InChI=1S/C19H31F3N2/c1-3-5-7-9-11-13-16(12-10-8-6-4-2)18-14-17(15-23-24-18)19(20,21)22/h14-16H,3-13H2,1-2H3. The molecule has 0 aliphatic heterocycles. The van der Waals surface area contributed by atoms with E-state index in [-0.39, 0.29) is 5.92 Å². The van der Waals surface area contributed by atoms with Crippen LogP contribution < -0.4 is 0 Å². The molecule has 0 radical (unpaired) electrons. The van der Waals surface area contributed by atoms with Crippen molar-refractivity contribution >= 4 is 0 Å². The van der Waals surface area contributed by atoms with E-state index in [1.54, 1.807) is 0 Å². The van der Waals surface area contributed by atoms with E-state index in [1.165, 1.54) is 31.7 Å². The molecule has 2 nitrogen and oxygen atoms in total. The lowest BCUT2D eigenvalue weighted by Crippen LogP contribution is -2.10. The van der Waals surface area contributed by atoms with E-state index in [0.717, 1.165) is 51.1 Å². The van der Waals surface area contributed by atoms with Crippen molar-refractivity contribution < 1.29 is 13.2 Å². The van der Waals surface area contributed by atoms with Crippen molar-refractivity contribution in [2.75, 3.05) is 0 Å². The molecule has 24 heavy (non-hydrogen) atoms. The van der Waals surface area contributed by atoms with Crippen molar-refractivity contribution in [2.24, 2.45) is 0 Å². The van der Waals surface area contributed by atoms with Gasteiger partial charge in [0.05, 0.1) is 17.5 Å². The van der Waals surface area contributed by atoms with Crippen molar-refractivity contribution in [1.82, 2.24) is 10.2 Å². The molecule has 0 saturated heterocycles. The lowest BCUT2D eigenvalue weighted by molar-refractivity contribution is -0.138. The Morgan fingerprint density at radius 3 is 1.96 bits per heavy atom. The van der Waals surface area contributed by atoms with Crippen LogP contribution in [-0.4, -0.2) is 10.2 Å². The molecule has 0 saturated carbocycles. The molecule has 5 heteroatoms. The van der Waals surface area contributed by atoms with Crippen molar-refractivity contribution in [3.05, 3.63) is 23.5 Å². The molecule has 1 rings (SSSR count). The topological polar surface area (TPSA) is 25.8 Å². The van der Waals surface area contributed by atoms with E-state index < -0.39 is 11.7 Å². The second-order valence-corrected chi connectivity index (χ2v) is 6.62. The molecule has 1 atom stereocenters. The van der Waals surface area contributed by atoms with Crippen LogP contribution in [-0.2, 0) is 6.18 Å². The normalized spacial score (nSPS) is 13.2. The third-order valence-electron chi connectivity index (χ3n) is 4.48. The van der Waals surface area contributed by atoms with Gasteiger partial charge in [0, 0.05) is 5.92 Å². The number of hydrogen-bond acceptors (Lipinski definition) is 2. The summed E-state index contributed by atoms with van der Waals surface area (Å²) in [6.07, 6.45) is 8.62. The van der Waals surface area contributed by atoms with Gasteiger partial charge in [-0.15, -0.1) is 0 Å². The van der Waals surface area contributed by atoms with Gasteiger partial charge in [-0.25, -0.2) is 0 Å². The SMILES string of the molecule is CCCCCCCC(CCCCCC)c1cc(C(F)(F)F)cnn1. The molecule has 0 fully saturated rings. The van der Waals surface area contributed by atoms with Crippen molar-refractivity contribution in [2.45, 2.75) is 96.6 Å². The van der Waals surface area contributed by atoms with Gasteiger partial charge in [0.2, 0.25) is 0 Å². The second kappa shape index (κ2) is 11.4. The number of rotatable bonds is 12. The molecular weight excluding hydrogens is 313 g/mol. The monoisotopic (exact) mass is 344 g/mol. The maximum Gasteiger partial charge on any atom is 0.418 e. The van der Waals surface area contributed by atoms with Crippen LogP contribution in [0.1, 0.15) is 102 Å². The molecule has 0 aliphatic rings. The fraction of sp³-hybridized carbons (Fsp3) is 0.789. The third kappa shape index (κ3) is 8.11. The maximum absolute atomic E-state index is 12.9. The summed E-state index contributed by atoms with van der Waals surface area (Å²) < 4.78 is 38.7. The molecule has 0 amide bonds. The minimum Gasteiger partial charge on any atom is -0.166 e. The molecule has 0 aromatic carbocycles. The first-order chi connectivity index (χ1) is 11.5. The first-order valence-electron chi connectivity index (χ1n) is 9.38. The molecule has 0 spiro atoms. The predicted octanol–water partition coefficient (Wildman–Crippen LogP) is 6.91. The van der Waals surface area contributed by atoms with Gasteiger partial charge in [-0.1, -0.05) is 71.6 Å². The third-order valence-corrected chi connectivity index (χ3v) is 4.48. The van der Waals surface area contributed by atoms with Gasteiger partial charge in [0.25, 0.3) is 0 Å². The largest absolute Gasteiger partial charge is 0.418 e. The molecule has 1 unspecified atom stereocenters. The van der Waals surface area contributed by atoms with E-state index in [0.29, 0.717) is 5.69 Å². The summed E-state index contributed by atoms with van der Waals surface area (Å²) in [7, 11) is 0. The van der Waals surface area contributed by atoms with Crippen LogP contribution >= 0.6 is 0 Å². The highest BCUT2D eigenvalue weighted by Crippen LogP contribution is 2.32. The molecule has 1 heterocycles. The number of halogens is 3. The van der Waals surface area contributed by atoms with Crippen LogP contribution in [0.4, 0.5) is 13.2 Å². The zero-order chi connectivity index (χ0) is 17.8. The van der Waals surface area contributed by atoms with E-state index in [9.17, 15) is 13.2 Å². The Labute approximate surface area is 144 Å². The van der Waals surface area contributed by atoms with Gasteiger partial charge in [0.1, 0.15) is 0 Å². The Morgan fingerprint density at radius 2 is 1.42 bits per heavy atom. The summed E-state index contributed by atoms with van der Waals surface area (Å²) in [4.78, 5) is 0. The van der Waals surface area contributed by atoms with Crippen molar-refractivity contribution in [3.8, 4) is 0 Å². The van der Waals surface area contributed by atoms with Crippen LogP contribution in [0.25, 0.3) is 0 Å². The highest BCUT2D eigenvalue weighted by Gasteiger charge is 2.32. The van der Waals surface area contributed by atoms with E-state index in [4.69, 9.17) is 0 Å². The molecule has 0 N–H and O–H groups in total. The van der Waals surface area contributed by atoms with Gasteiger partial charge in [-0.3, -0.25) is 0 Å². The summed E-state index contributed by atoms with van der Waals surface area (Å²) in [5.41, 5.74) is -0.172. The van der Waals surface area contributed by atoms with Gasteiger partial charge in [0.15, 0.2) is 0 Å². The molecule has 138 valence electrons. The Morgan fingerprint density at radius 1 is 0.875 bits per heavy atom. The van der Waals surface area contributed by atoms with Crippen LogP contribution in [0.3, 0.4) is 0 Å². The zero-order valence-electron chi connectivity index (χ0n) is 15.0. The van der Waals surface area contributed by atoms with Crippen LogP contribution in [0.5, 0.6) is 0 Å². The predicted molar refractivity (Wildman–Crippen MR) is 91.9 cm³/mol. The van der Waals surface area contributed by atoms with Crippen molar-refractivity contribution in [1.29, 1.82) is 0 Å². The van der Waals surface area contributed by atoms with Gasteiger partial charge in [-0.05, 0) is 18.9 Å². The minimum atomic E-state index is -4.35. The molecule has 0 bridgehead atoms. The summed E-state index contributed by atoms with van der Waals surface area (Å²) in [6, 6.07) is 1.20. The van der Waals surface area contributed by atoms with E-state index in [2.05, 4.69) is 24.0 Å². The summed E-state index contributed by atoms with van der Waals surface area (Å²) in [6.45, 7) is 4.33. The van der Waals surface area contributed by atoms with Crippen LogP contribution in [0.2, 0.25) is 0 Å². The highest BCUT2D eigenvalue weighted by atomic mass is 19.4. The van der Waals surface area contributed by atoms with Gasteiger partial charge in [-0.2, -0.15) is 23.4 Å². The maximum atomic E-state index is 12.9. The molecule has 1 aromatic heterocycles. The second-order valence-electron chi connectivity index (χ2n) is 6.62. The Kier molecular flexibility index (Phi) is 9.96. The number of aromatic nitrogens is 2. The van der Waals surface area contributed by atoms with Crippen molar-refractivity contribution in [3.63, 3.8) is 0 Å². The van der Waals surface area contributed by atoms with Crippen LogP contribution in [0, 0.1) is 0 Å². The molecule has 1 aromatic rings. The van der Waals surface area contributed by atoms with Gasteiger partial charge < -0.3 is 0 Å². The Bertz CT molecular complexity index is 446. The smallest absolute Gasteiger partial charge is 0.166 e. The zero-order valence-corrected chi connectivity index (χ0v) is 15.0. The summed E-state index contributed by atoms with van der Waals surface area (Å²) in [5, 5.41) is 7.62. The lowest BCUT2D eigenvalue weighted by atomic mass is 9.91. The fourth-order valence-corrected chi connectivity index (χ4v) is 2.99. The average molecular weight is 344 g/mol. The van der Waals surface area contributed by atoms with Gasteiger partial charge >= 0.3 is 6.18 Å². The first-order valence-corrected chi connectivity index (χ1v) is 9.38. The highest BCUT2D eigenvalue weighted by molar-refractivity contribution is 5.18. The minimum absolute atomic E-state index is 0.0956. The quantitative estimate of drug-likeness (QED) is 0.385. The lowest BCUT2D eigenvalue weighted by Gasteiger charge is -2.17. The Hall–Kier alpha value is -1.13. The number of unbranched alkanes of at least 4 members (excludes halogenated alkanes) is 7. The first kappa shape index (κ1) is 20.9. The summed E-state index contributed by atoms with van der Waals surface area (Å²) in [5.74, 6) is 0.0956. The number of alkyl halides is 3. The Balaban J connectivity index is 2.68. The average Bonchev–Trinajstić information content (AvgIpc) is 2.56. The number of hydrogen-bond donors (Lipinski definition) is 0. The number of nitrogens with zero attached hydrogens (tertiary/aromatic N) is 2. The molecule has 0 aliphatic carbocycles. The van der Waals surface area contributed by atoms with E-state index in [1.807, 2.05) is 0 Å².